The number of ether oxygens (including phenoxy) is 1. The molecule has 136 valence electrons. The summed E-state index contributed by atoms with van der Waals surface area (Å²) in [4.78, 5) is 17.5. The molecular formula is C21H24N2O3. The second-order valence-corrected chi connectivity index (χ2v) is 6.41. The molecule has 3 rings (SSSR count). The Kier molecular flexibility index (Phi) is 5.68. The molecule has 2 aromatic heterocycles. The summed E-state index contributed by atoms with van der Waals surface area (Å²) in [6.45, 7) is 4.26. The molecule has 1 atom stereocenters. The van der Waals surface area contributed by atoms with Crippen molar-refractivity contribution in [1.82, 2.24) is 9.38 Å². The molecule has 1 N–H and O–H groups in total. The number of aromatic nitrogens is 2. The molecule has 3 aromatic rings. The van der Waals surface area contributed by atoms with Crippen molar-refractivity contribution in [3.8, 4) is 5.75 Å². The van der Waals surface area contributed by atoms with Crippen molar-refractivity contribution < 1.29 is 14.6 Å². The molecule has 0 fully saturated rings. The second-order valence-electron chi connectivity index (χ2n) is 6.41. The molecule has 0 amide bonds. The third-order valence-corrected chi connectivity index (χ3v) is 4.45. The zero-order chi connectivity index (χ0) is 18.5. The molecule has 1 aromatic carbocycles. The van der Waals surface area contributed by atoms with Gasteiger partial charge in [0.25, 0.3) is 0 Å². The first kappa shape index (κ1) is 18.1. The first-order chi connectivity index (χ1) is 12.6. The van der Waals surface area contributed by atoms with Crippen LogP contribution >= 0.6 is 0 Å². The maximum absolute atomic E-state index is 13.0. The van der Waals surface area contributed by atoms with E-state index in [2.05, 4.69) is 4.98 Å². The van der Waals surface area contributed by atoms with Gasteiger partial charge >= 0.3 is 0 Å². The van der Waals surface area contributed by atoms with Gasteiger partial charge in [0, 0.05) is 19.2 Å². The standard InChI is InChI=1S/C21H24N2O3/c1-3-26-19-10-7-11-23-20(15(2)22-21(19)23)18(25)13-17(14-24)12-16-8-5-4-6-9-16/h4-11,17,24H,3,12-14H2,1-2H3/t17-/m0/s1. The highest BCUT2D eigenvalue weighted by Crippen LogP contribution is 2.24. The Labute approximate surface area is 153 Å². The van der Waals surface area contributed by atoms with Crippen LogP contribution in [0.4, 0.5) is 0 Å². The summed E-state index contributed by atoms with van der Waals surface area (Å²) in [5, 5.41) is 9.74. The van der Waals surface area contributed by atoms with Gasteiger partial charge in [-0.2, -0.15) is 0 Å². The van der Waals surface area contributed by atoms with Crippen LogP contribution in [-0.4, -0.2) is 33.5 Å². The lowest BCUT2D eigenvalue weighted by Crippen LogP contribution is -2.17. The van der Waals surface area contributed by atoms with Crippen LogP contribution in [0.5, 0.6) is 5.75 Å². The van der Waals surface area contributed by atoms with E-state index in [1.54, 1.807) is 4.40 Å². The molecule has 0 bridgehead atoms. The number of aliphatic hydroxyl groups is 1. The second kappa shape index (κ2) is 8.15. The summed E-state index contributed by atoms with van der Waals surface area (Å²) >= 11 is 0. The predicted octanol–water partition coefficient (Wildman–Crippen LogP) is 3.47. The number of fused-ring (bicyclic) bond motifs is 1. The van der Waals surface area contributed by atoms with Gasteiger partial charge in [0.1, 0.15) is 5.69 Å². The highest BCUT2D eigenvalue weighted by atomic mass is 16.5. The third-order valence-electron chi connectivity index (χ3n) is 4.45. The fourth-order valence-corrected chi connectivity index (χ4v) is 3.27. The van der Waals surface area contributed by atoms with E-state index in [1.165, 1.54) is 0 Å². The number of ketones is 1. The quantitative estimate of drug-likeness (QED) is 0.631. The Hall–Kier alpha value is -2.66. The van der Waals surface area contributed by atoms with Crippen molar-refractivity contribution >= 4 is 11.4 Å². The Morgan fingerprint density at radius 3 is 2.69 bits per heavy atom. The van der Waals surface area contributed by atoms with Crippen LogP contribution in [0.2, 0.25) is 0 Å². The molecule has 0 saturated carbocycles. The average Bonchev–Trinajstić information content (AvgIpc) is 2.99. The molecule has 0 unspecified atom stereocenters. The number of carbonyl (C=O) groups excluding carboxylic acids is 1. The zero-order valence-electron chi connectivity index (χ0n) is 15.2. The van der Waals surface area contributed by atoms with E-state index in [9.17, 15) is 9.90 Å². The molecule has 0 radical (unpaired) electrons. The number of hydrogen-bond acceptors (Lipinski definition) is 4. The molecule has 0 aliphatic rings. The SMILES string of the molecule is CCOc1cccn2c(C(=O)C[C@@H](CO)Cc3ccccc3)c(C)nc12. The van der Waals surface area contributed by atoms with E-state index in [0.29, 0.717) is 35.8 Å². The Morgan fingerprint density at radius 2 is 2.00 bits per heavy atom. The lowest BCUT2D eigenvalue weighted by atomic mass is 9.94. The lowest BCUT2D eigenvalue weighted by Gasteiger charge is -2.14. The van der Waals surface area contributed by atoms with E-state index < -0.39 is 0 Å². The Morgan fingerprint density at radius 1 is 1.23 bits per heavy atom. The fourth-order valence-electron chi connectivity index (χ4n) is 3.27. The summed E-state index contributed by atoms with van der Waals surface area (Å²) in [6.07, 6.45) is 2.78. The van der Waals surface area contributed by atoms with Crippen molar-refractivity contribution in [3.05, 3.63) is 65.6 Å². The normalized spacial score (nSPS) is 12.3. The van der Waals surface area contributed by atoms with E-state index >= 15 is 0 Å². The zero-order valence-corrected chi connectivity index (χ0v) is 15.2. The van der Waals surface area contributed by atoms with Crippen LogP contribution in [0, 0.1) is 12.8 Å². The number of nitrogens with zero attached hydrogens (tertiary/aromatic N) is 2. The van der Waals surface area contributed by atoms with Crippen LogP contribution in [0.1, 0.15) is 35.1 Å². The van der Waals surface area contributed by atoms with Crippen molar-refractivity contribution in [2.75, 3.05) is 13.2 Å². The number of hydrogen-bond donors (Lipinski definition) is 1. The van der Waals surface area contributed by atoms with Crippen LogP contribution in [0.25, 0.3) is 5.65 Å². The monoisotopic (exact) mass is 352 g/mol. The maximum Gasteiger partial charge on any atom is 0.181 e. The molecule has 0 aliphatic carbocycles. The van der Waals surface area contributed by atoms with Gasteiger partial charge in [-0.25, -0.2) is 4.98 Å². The predicted molar refractivity (Wildman–Crippen MR) is 101 cm³/mol. The van der Waals surface area contributed by atoms with E-state index in [4.69, 9.17) is 4.74 Å². The fraction of sp³-hybridized carbons (Fsp3) is 0.333. The van der Waals surface area contributed by atoms with Crippen LogP contribution in [0.15, 0.2) is 48.7 Å². The number of imidazole rings is 1. The molecule has 0 aliphatic heterocycles. The van der Waals surface area contributed by atoms with Crippen molar-refractivity contribution in [2.45, 2.75) is 26.7 Å². The Bertz CT molecular complexity index is 887. The molecule has 26 heavy (non-hydrogen) atoms. The minimum atomic E-state index is -0.120. The summed E-state index contributed by atoms with van der Waals surface area (Å²) in [6, 6.07) is 13.6. The molecule has 5 nitrogen and oxygen atoms in total. The largest absolute Gasteiger partial charge is 0.490 e. The van der Waals surface area contributed by atoms with E-state index in [0.717, 1.165) is 5.56 Å². The first-order valence-corrected chi connectivity index (χ1v) is 8.92. The minimum absolute atomic E-state index is 0.0152. The van der Waals surface area contributed by atoms with Crippen molar-refractivity contribution in [3.63, 3.8) is 0 Å². The number of carbonyl (C=O) groups is 1. The van der Waals surface area contributed by atoms with E-state index in [1.807, 2.05) is 62.5 Å². The van der Waals surface area contributed by atoms with Crippen LogP contribution < -0.4 is 4.74 Å². The average molecular weight is 352 g/mol. The van der Waals surface area contributed by atoms with Crippen LogP contribution in [-0.2, 0) is 6.42 Å². The smallest absolute Gasteiger partial charge is 0.181 e. The molecular weight excluding hydrogens is 328 g/mol. The van der Waals surface area contributed by atoms with Gasteiger partial charge in [-0.05, 0) is 43.9 Å². The van der Waals surface area contributed by atoms with Gasteiger partial charge in [-0.1, -0.05) is 30.3 Å². The van der Waals surface area contributed by atoms with Gasteiger partial charge in [-0.15, -0.1) is 0 Å². The molecule has 0 saturated heterocycles. The number of aryl methyl sites for hydroxylation is 1. The summed E-state index contributed by atoms with van der Waals surface area (Å²) in [5.74, 6) is 0.531. The Balaban J connectivity index is 1.85. The number of pyridine rings is 1. The van der Waals surface area contributed by atoms with Gasteiger partial charge in [-0.3, -0.25) is 9.20 Å². The number of Topliss-reactive ketones (excluding diaryl/α,β-unsaturated/α-hetero) is 1. The summed E-state index contributed by atoms with van der Waals surface area (Å²) in [7, 11) is 0. The topological polar surface area (TPSA) is 63.8 Å². The van der Waals surface area contributed by atoms with E-state index in [-0.39, 0.29) is 24.7 Å². The highest BCUT2D eigenvalue weighted by molar-refractivity contribution is 5.96. The molecule has 2 heterocycles. The van der Waals surface area contributed by atoms with Gasteiger partial charge in [0.2, 0.25) is 0 Å². The highest BCUT2D eigenvalue weighted by Gasteiger charge is 2.22. The van der Waals surface area contributed by atoms with Crippen LogP contribution in [0.3, 0.4) is 0 Å². The molecule has 5 heteroatoms. The van der Waals surface area contributed by atoms with Crippen molar-refractivity contribution in [2.24, 2.45) is 5.92 Å². The summed E-state index contributed by atoms with van der Waals surface area (Å²) < 4.78 is 7.41. The van der Waals surface area contributed by atoms with Gasteiger partial charge in [0.05, 0.1) is 12.3 Å². The first-order valence-electron chi connectivity index (χ1n) is 8.92. The number of aliphatic hydroxyl groups excluding tert-OH is 1. The van der Waals surface area contributed by atoms with Gasteiger partial charge in [0.15, 0.2) is 17.2 Å². The molecule has 0 spiro atoms. The summed E-state index contributed by atoms with van der Waals surface area (Å²) in [5.41, 5.74) is 3.01. The number of benzene rings is 1. The van der Waals surface area contributed by atoms with Gasteiger partial charge < -0.3 is 9.84 Å². The minimum Gasteiger partial charge on any atom is -0.490 e. The van der Waals surface area contributed by atoms with Crippen molar-refractivity contribution in [1.29, 1.82) is 0 Å². The third kappa shape index (κ3) is 3.78. The maximum atomic E-state index is 13.0. The lowest BCUT2D eigenvalue weighted by molar-refractivity contribution is 0.0929. The number of rotatable bonds is 8.